The van der Waals surface area contributed by atoms with E-state index in [2.05, 4.69) is 22.2 Å². The average molecular weight is 386 g/mol. The van der Waals surface area contributed by atoms with Crippen LogP contribution in [0.15, 0.2) is 0 Å². The topological polar surface area (TPSA) is 65.9 Å². The van der Waals surface area contributed by atoms with Crippen LogP contribution in [0.4, 0.5) is 11.6 Å². The van der Waals surface area contributed by atoms with Crippen molar-refractivity contribution in [3.8, 4) is 0 Å². The van der Waals surface area contributed by atoms with Crippen molar-refractivity contribution in [1.82, 2.24) is 9.97 Å². The summed E-state index contributed by atoms with van der Waals surface area (Å²) in [5.74, 6) is 1.28. The fraction of sp³-hybridized carbons (Fsp3) is 0.500. The maximum absolute atomic E-state index is 5.97. The molecule has 1 rings (SSSR count). The van der Waals surface area contributed by atoms with Crippen LogP contribution >= 0.6 is 0 Å². The zero-order valence-electron chi connectivity index (χ0n) is 9.82. The Morgan fingerprint density at radius 1 is 1.44 bits per heavy atom. The molecule has 0 bridgehead atoms. The van der Waals surface area contributed by atoms with E-state index in [1.54, 1.807) is 0 Å². The Labute approximate surface area is 108 Å². The Morgan fingerprint density at radius 3 is 2.62 bits per heavy atom. The van der Waals surface area contributed by atoms with E-state index in [0.29, 0.717) is 18.1 Å². The van der Waals surface area contributed by atoms with Crippen molar-refractivity contribution in [2.45, 2.75) is 27.1 Å². The van der Waals surface area contributed by atoms with Crippen LogP contribution in [0.1, 0.15) is 25.8 Å². The van der Waals surface area contributed by atoms with E-state index < -0.39 is 0 Å². The van der Waals surface area contributed by atoms with Crippen molar-refractivity contribution in [1.29, 1.82) is 0 Å². The minimum atomic E-state index is 0.544. The molecular formula is C10H15BN4W-. The molecule has 1 heterocycles. The second-order valence-corrected chi connectivity index (χ2v) is 4.98. The van der Waals surface area contributed by atoms with Gasteiger partial charge in [-0.2, -0.15) is 0 Å². The van der Waals surface area contributed by atoms with Gasteiger partial charge >= 0.3 is 108 Å². The first kappa shape index (κ1) is 13.4. The molecule has 0 spiro atoms. The number of hydrogen-bond acceptors (Lipinski definition) is 3. The van der Waals surface area contributed by atoms with Crippen LogP contribution in [0.5, 0.6) is 0 Å². The number of anilines is 1. The summed E-state index contributed by atoms with van der Waals surface area (Å²) < 4.78 is 1.26. The van der Waals surface area contributed by atoms with Gasteiger partial charge in [-0.3, -0.25) is 0 Å². The number of hydrogen-bond donors (Lipinski definition) is 1. The molecule has 0 fully saturated rings. The molecule has 6 heteroatoms. The van der Waals surface area contributed by atoms with Crippen molar-refractivity contribution >= 4 is 28.5 Å². The van der Waals surface area contributed by atoms with E-state index in [1.165, 1.54) is 23.3 Å². The van der Waals surface area contributed by atoms with E-state index in [-0.39, 0.29) is 0 Å². The Morgan fingerprint density at radius 2 is 2.12 bits per heavy atom. The van der Waals surface area contributed by atoms with Crippen molar-refractivity contribution in [3.05, 3.63) is 10.9 Å². The summed E-state index contributed by atoms with van der Waals surface area (Å²) >= 11 is 1.40. The van der Waals surface area contributed by atoms with Crippen LogP contribution in [-0.2, 0) is 19.4 Å². The van der Waals surface area contributed by atoms with Crippen LogP contribution in [0.25, 0.3) is 5.32 Å². The SMILES string of the molecule is C[B]c1nc(N)c([C](=[W])CC)c([N-]CC)n1. The Bertz CT molecular complexity index is 395. The monoisotopic (exact) mass is 386 g/mol. The fourth-order valence-electron chi connectivity index (χ4n) is 1.32. The summed E-state index contributed by atoms with van der Waals surface area (Å²) in [5, 5.41) is 4.39. The van der Waals surface area contributed by atoms with E-state index in [1.807, 2.05) is 21.0 Å². The van der Waals surface area contributed by atoms with Gasteiger partial charge in [-0.1, -0.05) is 0 Å². The molecular weight excluding hydrogens is 371 g/mol. The van der Waals surface area contributed by atoms with Crippen LogP contribution < -0.4 is 11.5 Å². The molecule has 0 aliphatic rings. The van der Waals surface area contributed by atoms with Crippen molar-refractivity contribution in [3.63, 3.8) is 0 Å². The summed E-state index contributed by atoms with van der Waals surface area (Å²) in [4.78, 5) is 8.64. The minimum absolute atomic E-state index is 0.544. The second-order valence-electron chi connectivity index (χ2n) is 3.21. The summed E-state index contributed by atoms with van der Waals surface area (Å²) in [6.45, 7) is 6.70. The molecule has 0 saturated heterocycles. The van der Waals surface area contributed by atoms with Gasteiger partial charge in [-0.15, -0.1) is 0 Å². The van der Waals surface area contributed by atoms with Gasteiger partial charge in [0.25, 0.3) is 0 Å². The first-order valence-electron chi connectivity index (χ1n) is 5.31. The van der Waals surface area contributed by atoms with E-state index in [0.717, 1.165) is 17.8 Å². The van der Waals surface area contributed by atoms with Gasteiger partial charge < -0.3 is 0 Å². The normalized spacial score (nSPS) is 9.94. The molecule has 2 N–H and O–H groups in total. The molecule has 16 heavy (non-hydrogen) atoms. The molecule has 0 aliphatic heterocycles. The summed E-state index contributed by atoms with van der Waals surface area (Å²) in [6.07, 6.45) is 0.963. The third kappa shape index (κ3) is 2.91. The summed E-state index contributed by atoms with van der Waals surface area (Å²) in [5.41, 5.74) is 7.55. The number of aromatic nitrogens is 2. The van der Waals surface area contributed by atoms with Gasteiger partial charge in [0.2, 0.25) is 0 Å². The van der Waals surface area contributed by atoms with Crippen LogP contribution in [0.2, 0.25) is 6.82 Å². The predicted molar refractivity (Wildman–Crippen MR) is 65.7 cm³/mol. The number of rotatable bonds is 5. The quantitative estimate of drug-likeness (QED) is 0.767. The predicted octanol–water partition coefficient (Wildman–Crippen LogP) is 0.939. The molecule has 85 valence electrons. The van der Waals surface area contributed by atoms with Crippen LogP contribution in [-0.4, -0.2) is 27.7 Å². The van der Waals surface area contributed by atoms with E-state index >= 15 is 0 Å². The van der Waals surface area contributed by atoms with Crippen molar-refractivity contribution < 1.29 is 19.4 Å². The van der Waals surface area contributed by atoms with Crippen LogP contribution in [0.3, 0.4) is 0 Å². The van der Waals surface area contributed by atoms with Gasteiger partial charge in [0.05, 0.1) is 0 Å². The van der Waals surface area contributed by atoms with Crippen molar-refractivity contribution in [2.24, 2.45) is 0 Å². The Kier molecular flexibility index (Phi) is 5.13. The standard InChI is InChI=1S/C10H15BN4.W/c1-4-6-7-8(12)14-10(11-3)15-9(7)13-5-2;/h4-5H2,1-3H3,(H2-,12,13,14,15);/q-1;. The van der Waals surface area contributed by atoms with Gasteiger partial charge in [0.1, 0.15) is 0 Å². The summed E-state index contributed by atoms with van der Waals surface area (Å²) in [7, 11) is 1.84. The molecule has 0 saturated carbocycles. The number of nitrogens with two attached hydrogens (primary N) is 1. The third-order valence-electron chi connectivity index (χ3n) is 2.10. The molecule has 1 aromatic rings. The number of nitrogens with zero attached hydrogens (tertiary/aromatic N) is 3. The van der Waals surface area contributed by atoms with E-state index in [9.17, 15) is 0 Å². The first-order valence-corrected chi connectivity index (χ1v) is 6.78. The van der Waals surface area contributed by atoms with Gasteiger partial charge in [-0.25, -0.2) is 0 Å². The Balaban J connectivity index is 3.27. The summed E-state index contributed by atoms with van der Waals surface area (Å²) in [6, 6.07) is 0. The molecule has 4 nitrogen and oxygen atoms in total. The van der Waals surface area contributed by atoms with E-state index in [4.69, 9.17) is 5.73 Å². The Hall–Kier alpha value is -0.697. The average Bonchev–Trinajstić information content (AvgIpc) is 2.28. The maximum atomic E-state index is 5.97. The zero-order valence-corrected chi connectivity index (χ0v) is 12.8. The third-order valence-corrected chi connectivity index (χ3v) is 3.87. The molecule has 0 aliphatic carbocycles. The molecule has 0 aromatic carbocycles. The second kappa shape index (κ2) is 6.14. The molecule has 0 atom stereocenters. The van der Waals surface area contributed by atoms with Gasteiger partial charge in [-0.05, 0) is 0 Å². The number of nitrogen functional groups attached to an aromatic ring is 1. The van der Waals surface area contributed by atoms with Gasteiger partial charge in [0, 0.05) is 0 Å². The fourth-order valence-corrected chi connectivity index (χ4v) is 2.02. The molecule has 1 aromatic heterocycles. The first-order chi connectivity index (χ1) is 7.63. The molecule has 0 amide bonds. The zero-order chi connectivity index (χ0) is 12.1. The molecule has 0 unspecified atom stereocenters. The van der Waals surface area contributed by atoms with Crippen LogP contribution in [0, 0.1) is 0 Å². The van der Waals surface area contributed by atoms with Gasteiger partial charge in [0.15, 0.2) is 0 Å². The van der Waals surface area contributed by atoms with Crippen molar-refractivity contribution in [2.75, 3.05) is 12.3 Å². The molecule has 1 radical (unpaired) electrons.